The summed E-state index contributed by atoms with van der Waals surface area (Å²) in [4.78, 5) is 29.2. The van der Waals surface area contributed by atoms with Crippen LogP contribution in [0.25, 0.3) is 0 Å². The van der Waals surface area contributed by atoms with Crippen molar-refractivity contribution in [2.24, 2.45) is 0 Å². The molecular weight excluding hydrogens is 354 g/mol. The van der Waals surface area contributed by atoms with Gasteiger partial charge in [-0.15, -0.1) is 22.7 Å². The van der Waals surface area contributed by atoms with Crippen LogP contribution in [0.5, 0.6) is 0 Å². The molecule has 128 valence electrons. The average molecular weight is 371 g/mol. The Labute approximate surface area is 153 Å². The molecule has 2 N–H and O–H groups in total. The number of rotatable bonds is 5. The topological polar surface area (TPSA) is 71.1 Å². The predicted octanol–water partition coefficient (Wildman–Crippen LogP) is 4.25. The van der Waals surface area contributed by atoms with Gasteiger partial charge in [-0.1, -0.05) is 18.2 Å². The molecule has 0 saturated carbocycles. The number of aryl methyl sites for hydroxylation is 2. The SMILES string of the molecule is Cc1ccc(C)c(NC(=O)Cc2csc(NC(=O)c3cccs3)n2)c1. The van der Waals surface area contributed by atoms with E-state index in [0.717, 1.165) is 16.8 Å². The molecule has 0 fully saturated rings. The Morgan fingerprint density at radius 3 is 2.72 bits per heavy atom. The molecule has 7 heteroatoms. The summed E-state index contributed by atoms with van der Waals surface area (Å²) >= 11 is 2.68. The Morgan fingerprint density at radius 2 is 1.96 bits per heavy atom. The maximum atomic E-state index is 12.2. The van der Waals surface area contributed by atoms with E-state index in [1.54, 1.807) is 11.4 Å². The monoisotopic (exact) mass is 371 g/mol. The number of thiazole rings is 1. The van der Waals surface area contributed by atoms with Crippen LogP contribution in [0.3, 0.4) is 0 Å². The molecular formula is C18H17N3O2S2. The number of hydrogen-bond acceptors (Lipinski definition) is 5. The first kappa shape index (κ1) is 17.3. The van der Waals surface area contributed by atoms with Crippen molar-refractivity contribution in [2.75, 3.05) is 10.6 Å². The van der Waals surface area contributed by atoms with Crippen LogP contribution < -0.4 is 10.6 Å². The molecule has 3 aromatic rings. The molecule has 0 aliphatic carbocycles. The fraction of sp³-hybridized carbons (Fsp3) is 0.167. The van der Waals surface area contributed by atoms with Gasteiger partial charge in [0.1, 0.15) is 0 Å². The van der Waals surface area contributed by atoms with Crippen LogP contribution in [0.2, 0.25) is 0 Å². The van der Waals surface area contributed by atoms with Crippen molar-refractivity contribution in [1.82, 2.24) is 4.98 Å². The van der Waals surface area contributed by atoms with Crippen LogP contribution in [0, 0.1) is 13.8 Å². The van der Waals surface area contributed by atoms with Gasteiger partial charge in [0.25, 0.3) is 5.91 Å². The molecule has 0 saturated heterocycles. The highest BCUT2D eigenvalue weighted by atomic mass is 32.1. The quantitative estimate of drug-likeness (QED) is 0.704. The van der Waals surface area contributed by atoms with Crippen molar-refractivity contribution in [3.63, 3.8) is 0 Å². The highest BCUT2D eigenvalue weighted by Crippen LogP contribution is 2.20. The number of amides is 2. The summed E-state index contributed by atoms with van der Waals surface area (Å²) in [6.07, 6.45) is 0.165. The summed E-state index contributed by atoms with van der Waals surface area (Å²) in [6, 6.07) is 9.51. The molecule has 2 aromatic heterocycles. The molecule has 5 nitrogen and oxygen atoms in total. The number of hydrogen-bond donors (Lipinski definition) is 2. The van der Waals surface area contributed by atoms with Crippen molar-refractivity contribution in [2.45, 2.75) is 20.3 Å². The molecule has 25 heavy (non-hydrogen) atoms. The largest absolute Gasteiger partial charge is 0.325 e. The van der Waals surface area contributed by atoms with E-state index in [0.29, 0.717) is 15.7 Å². The molecule has 0 radical (unpaired) electrons. The molecule has 3 rings (SSSR count). The second-order valence-corrected chi connectivity index (χ2v) is 7.42. The Kier molecular flexibility index (Phi) is 5.25. The van der Waals surface area contributed by atoms with E-state index < -0.39 is 0 Å². The van der Waals surface area contributed by atoms with Gasteiger partial charge in [0.15, 0.2) is 5.13 Å². The average Bonchev–Trinajstić information content (AvgIpc) is 3.23. The summed E-state index contributed by atoms with van der Waals surface area (Å²) < 4.78 is 0. The lowest BCUT2D eigenvalue weighted by molar-refractivity contribution is -0.115. The van der Waals surface area contributed by atoms with E-state index in [9.17, 15) is 9.59 Å². The third-order valence-corrected chi connectivity index (χ3v) is 5.20. The van der Waals surface area contributed by atoms with Crippen molar-refractivity contribution in [1.29, 1.82) is 0 Å². The van der Waals surface area contributed by atoms with Gasteiger partial charge in [-0.3, -0.25) is 14.9 Å². The molecule has 1 aromatic carbocycles. The smallest absolute Gasteiger partial charge is 0.267 e. The molecule has 2 amide bonds. The number of nitrogens with one attached hydrogen (secondary N) is 2. The van der Waals surface area contributed by atoms with Crippen LogP contribution in [0.1, 0.15) is 26.5 Å². The molecule has 0 aliphatic rings. The number of anilines is 2. The first-order valence-electron chi connectivity index (χ1n) is 7.67. The summed E-state index contributed by atoms with van der Waals surface area (Å²) in [6.45, 7) is 3.94. The van der Waals surface area contributed by atoms with E-state index in [-0.39, 0.29) is 18.2 Å². The second-order valence-electron chi connectivity index (χ2n) is 5.62. The third kappa shape index (κ3) is 4.52. The molecule has 0 spiro atoms. The van der Waals surface area contributed by atoms with E-state index in [1.807, 2.05) is 43.5 Å². The minimum atomic E-state index is -0.185. The zero-order chi connectivity index (χ0) is 17.8. The van der Waals surface area contributed by atoms with Crippen LogP contribution in [0.4, 0.5) is 10.8 Å². The lowest BCUT2D eigenvalue weighted by atomic mass is 10.1. The van der Waals surface area contributed by atoms with Gasteiger partial charge >= 0.3 is 0 Å². The van der Waals surface area contributed by atoms with Gasteiger partial charge in [0.2, 0.25) is 5.91 Å². The van der Waals surface area contributed by atoms with Crippen molar-refractivity contribution >= 4 is 45.3 Å². The zero-order valence-corrected chi connectivity index (χ0v) is 15.5. The zero-order valence-electron chi connectivity index (χ0n) is 13.8. The standard InChI is InChI=1S/C18H17N3O2S2/c1-11-5-6-12(2)14(8-11)20-16(22)9-13-10-25-18(19-13)21-17(23)15-4-3-7-24-15/h3-8,10H,9H2,1-2H3,(H,20,22)(H,19,21,23). The van der Waals surface area contributed by atoms with Gasteiger partial charge in [-0.2, -0.15) is 0 Å². The fourth-order valence-electron chi connectivity index (χ4n) is 2.24. The van der Waals surface area contributed by atoms with Gasteiger partial charge in [-0.05, 0) is 42.5 Å². The summed E-state index contributed by atoms with van der Waals surface area (Å²) in [5, 5.41) is 9.79. The molecule has 0 bridgehead atoms. The van der Waals surface area contributed by atoms with E-state index in [1.165, 1.54) is 22.7 Å². The van der Waals surface area contributed by atoms with Gasteiger partial charge in [-0.25, -0.2) is 4.98 Å². The molecule has 0 unspecified atom stereocenters. The first-order valence-corrected chi connectivity index (χ1v) is 9.43. The minimum Gasteiger partial charge on any atom is -0.325 e. The van der Waals surface area contributed by atoms with E-state index in [2.05, 4.69) is 15.6 Å². The van der Waals surface area contributed by atoms with Crippen molar-refractivity contribution in [3.05, 3.63) is 62.8 Å². The molecule has 0 atom stereocenters. The Morgan fingerprint density at radius 1 is 1.12 bits per heavy atom. The molecule has 0 aliphatic heterocycles. The maximum Gasteiger partial charge on any atom is 0.267 e. The number of carbonyl (C=O) groups is 2. The van der Waals surface area contributed by atoms with E-state index >= 15 is 0 Å². The highest BCUT2D eigenvalue weighted by molar-refractivity contribution is 7.14. The first-order chi connectivity index (χ1) is 12.0. The minimum absolute atomic E-state index is 0.130. The Hall–Kier alpha value is -2.51. The summed E-state index contributed by atoms with van der Waals surface area (Å²) in [7, 11) is 0. The van der Waals surface area contributed by atoms with Crippen LogP contribution in [0.15, 0.2) is 41.1 Å². The Bertz CT molecular complexity index is 901. The predicted molar refractivity (Wildman–Crippen MR) is 103 cm³/mol. The third-order valence-electron chi connectivity index (χ3n) is 3.53. The number of carbonyl (C=O) groups excluding carboxylic acids is 2. The fourth-order valence-corrected chi connectivity index (χ4v) is 3.57. The Balaban J connectivity index is 1.60. The van der Waals surface area contributed by atoms with Gasteiger partial charge in [0.05, 0.1) is 17.0 Å². The van der Waals surface area contributed by atoms with Crippen LogP contribution in [-0.2, 0) is 11.2 Å². The normalized spacial score (nSPS) is 10.5. The number of benzene rings is 1. The van der Waals surface area contributed by atoms with Gasteiger partial charge < -0.3 is 5.32 Å². The highest BCUT2D eigenvalue weighted by Gasteiger charge is 2.12. The lowest BCUT2D eigenvalue weighted by Crippen LogP contribution is -2.15. The summed E-state index contributed by atoms with van der Waals surface area (Å²) in [5.74, 6) is -0.314. The number of nitrogens with zero attached hydrogens (tertiary/aromatic N) is 1. The van der Waals surface area contributed by atoms with Crippen molar-refractivity contribution in [3.8, 4) is 0 Å². The van der Waals surface area contributed by atoms with Crippen molar-refractivity contribution < 1.29 is 9.59 Å². The summed E-state index contributed by atoms with van der Waals surface area (Å²) in [5.41, 5.74) is 3.55. The lowest BCUT2D eigenvalue weighted by Gasteiger charge is -2.08. The van der Waals surface area contributed by atoms with Gasteiger partial charge in [0, 0.05) is 11.1 Å². The molecule has 2 heterocycles. The number of thiophene rings is 1. The van der Waals surface area contributed by atoms with Crippen LogP contribution >= 0.6 is 22.7 Å². The number of aromatic nitrogens is 1. The maximum absolute atomic E-state index is 12.2. The second kappa shape index (κ2) is 7.58. The van der Waals surface area contributed by atoms with Crippen LogP contribution in [-0.4, -0.2) is 16.8 Å². The van der Waals surface area contributed by atoms with E-state index in [4.69, 9.17) is 0 Å².